The molecule has 1 aromatic heterocycles. The van der Waals surface area contributed by atoms with Gasteiger partial charge in [0.05, 0.1) is 7.05 Å². The SMILES string of the molecule is Cc1n(C)c(S)n[n+]1C1=COC(=O)C1. The van der Waals surface area contributed by atoms with Crippen LogP contribution in [0.3, 0.4) is 0 Å². The lowest BCUT2D eigenvalue weighted by molar-refractivity contribution is -0.653. The van der Waals surface area contributed by atoms with Gasteiger partial charge in [0, 0.05) is 6.92 Å². The second kappa shape index (κ2) is 3.13. The molecule has 0 saturated carbocycles. The summed E-state index contributed by atoms with van der Waals surface area (Å²) in [5, 5.41) is 4.77. The third-order valence-corrected chi connectivity index (χ3v) is 2.59. The van der Waals surface area contributed by atoms with Gasteiger partial charge in [-0.1, -0.05) is 17.3 Å². The molecule has 1 aromatic rings. The van der Waals surface area contributed by atoms with E-state index in [1.54, 1.807) is 4.68 Å². The van der Waals surface area contributed by atoms with E-state index in [4.69, 9.17) is 4.74 Å². The summed E-state index contributed by atoms with van der Waals surface area (Å²) in [5.74, 6) is 0.651. The summed E-state index contributed by atoms with van der Waals surface area (Å²) in [7, 11) is 1.86. The van der Waals surface area contributed by atoms with Gasteiger partial charge in [0.2, 0.25) is 0 Å². The van der Waals surface area contributed by atoms with Crippen molar-refractivity contribution in [1.29, 1.82) is 0 Å². The molecule has 1 aliphatic heterocycles. The first-order chi connectivity index (χ1) is 6.59. The van der Waals surface area contributed by atoms with Gasteiger partial charge >= 0.3 is 5.97 Å². The summed E-state index contributed by atoms with van der Waals surface area (Å²) in [4.78, 5) is 10.9. The minimum absolute atomic E-state index is 0.252. The van der Waals surface area contributed by atoms with Gasteiger partial charge in [-0.3, -0.25) is 4.79 Å². The first kappa shape index (κ1) is 9.26. The average Bonchev–Trinajstić information content (AvgIpc) is 2.66. The molecule has 2 heterocycles. The van der Waals surface area contributed by atoms with Crippen molar-refractivity contribution in [2.75, 3.05) is 0 Å². The van der Waals surface area contributed by atoms with Crippen molar-refractivity contribution >= 4 is 24.3 Å². The van der Waals surface area contributed by atoms with Crippen molar-refractivity contribution in [2.45, 2.75) is 18.5 Å². The predicted octanol–water partition coefficient (Wildman–Crippen LogP) is 0.0500. The maximum Gasteiger partial charge on any atom is 0.319 e. The number of aromatic nitrogens is 3. The number of ether oxygens (including phenoxy) is 1. The van der Waals surface area contributed by atoms with Crippen molar-refractivity contribution in [3.8, 4) is 0 Å². The van der Waals surface area contributed by atoms with Gasteiger partial charge in [0.1, 0.15) is 12.7 Å². The highest BCUT2D eigenvalue weighted by molar-refractivity contribution is 7.80. The van der Waals surface area contributed by atoms with Crippen LogP contribution < -0.4 is 4.68 Å². The number of nitrogens with zero attached hydrogens (tertiary/aromatic N) is 3. The highest BCUT2D eigenvalue weighted by Gasteiger charge is 2.26. The molecule has 0 aromatic carbocycles. The van der Waals surface area contributed by atoms with Crippen LogP contribution in [-0.2, 0) is 16.6 Å². The molecule has 0 aliphatic carbocycles. The average molecular weight is 212 g/mol. The Labute approximate surface area is 86.4 Å². The number of carbonyl (C=O) groups excluding carboxylic acids is 1. The zero-order valence-electron chi connectivity index (χ0n) is 7.89. The molecule has 0 N–H and O–H groups in total. The van der Waals surface area contributed by atoms with Crippen LogP contribution in [0, 0.1) is 6.92 Å². The first-order valence-corrected chi connectivity index (χ1v) is 4.58. The molecule has 0 bridgehead atoms. The maximum absolute atomic E-state index is 10.9. The minimum atomic E-state index is -0.252. The van der Waals surface area contributed by atoms with Crippen LogP contribution in [0.1, 0.15) is 12.2 Å². The standard InChI is InChI=1S/C8H9N3O2S/c1-5-10(2)8(14)9-11(5)6-3-7(12)13-4-6/h4H,3H2,1-2H3/p+1. The summed E-state index contributed by atoms with van der Waals surface area (Å²) in [6.45, 7) is 1.90. The summed E-state index contributed by atoms with van der Waals surface area (Å²) in [6.07, 6.45) is 1.69. The van der Waals surface area contributed by atoms with E-state index in [0.717, 1.165) is 11.5 Å². The van der Waals surface area contributed by atoms with Crippen LogP contribution in [0.2, 0.25) is 0 Å². The van der Waals surface area contributed by atoms with E-state index in [1.165, 1.54) is 6.26 Å². The first-order valence-electron chi connectivity index (χ1n) is 4.13. The third-order valence-electron chi connectivity index (χ3n) is 2.21. The Morgan fingerprint density at radius 3 is 2.86 bits per heavy atom. The molecule has 0 atom stereocenters. The van der Waals surface area contributed by atoms with Gasteiger partial charge in [-0.25, -0.2) is 4.57 Å². The van der Waals surface area contributed by atoms with Gasteiger partial charge in [0.15, 0.2) is 5.70 Å². The zero-order chi connectivity index (χ0) is 10.3. The van der Waals surface area contributed by atoms with E-state index in [-0.39, 0.29) is 12.4 Å². The topological polar surface area (TPSA) is 48.0 Å². The van der Waals surface area contributed by atoms with Crippen LogP contribution in [-0.4, -0.2) is 15.6 Å². The lowest BCUT2D eigenvalue weighted by Crippen LogP contribution is -2.37. The van der Waals surface area contributed by atoms with E-state index in [2.05, 4.69) is 17.7 Å². The Kier molecular flexibility index (Phi) is 2.07. The lowest BCUT2D eigenvalue weighted by atomic mass is 10.4. The number of hydrogen-bond donors (Lipinski definition) is 1. The Bertz CT molecular complexity index is 436. The number of carbonyl (C=O) groups is 1. The zero-order valence-corrected chi connectivity index (χ0v) is 8.78. The molecule has 2 rings (SSSR count). The molecule has 14 heavy (non-hydrogen) atoms. The van der Waals surface area contributed by atoms with Gasteiger partial charge < -0.3 is 4.74 Å². The number of thiol groups is 1. The quantitative estimate of drug-likeness (QED) is 0.406. The molecule has 0 spiro atoms. The van der Waals surface area contributed by atoms with Gasteiger partial charge in [-0.2, -0.15) is 0 Å². The van der Waals surface area contributed by atoms with Crippen molar-refractivity contribution in [2.24, 2.45) is 7.05 Å². The van der Waals surface area contributed by atoms with Gasteiger partial charge in [-0.05, 0) is 5.10 Å². The van der Waals surface area contributed by atoms with Gasteiger partial charge in [-0.15, -0.1) is 0 Å². The molecular weight excluding hydrogens is 202 g/mol. The van der Waals surface area contributed by atoms with E-state index >= 15 is 0 Å². The smallest absolute Gasteiger partial charge is 0.319 e. The second-order valence-corrected chi connectivity index (χ2v) is 3.49. The molecule has 0 fully saturated rings. The predicted molar refractivity (Wildman–Crippen MR) is 50.4 cm³/mol. The Hall–Kier alpha value is -1.30. The van der Waals surface area contributed by atoms with Crippen LogP contribution in [0.15, 0.2) is 11.4 Å². The summed E-state index contributed by atoms with van der Waals surface area (Å²) in [6, 6.07) is 0. The van der Waals surface area contributed by atoms with Crippen molar-refractivity contribution < 1.29 is 14.2 Å². The number of hydrogen-bond acceptors (Lipinski definition) is 4. The third kappa shape index (κ3) is 1.31. The number of esters is 1. The van der Waals surface area contributed by atoms with Crippen molar-refractivity contribution in [3.63, 3.8) is 0 Å². The molecule has 1 aliphatic rings. The molecule has 0 radical (unpaired) electrons. The molecule has 6 heteroatoms. The summed E-state index contributed by atoms with van der Waals surface area (Å²) in [5.41, 5.74) is 0.739. The molecule has 5 nitrogen and oxygen atoms in total. The largest absolute Gasteiger partial charge is 0.430 e. The van der Waals surface area contributed by atoms with E-state index in [9.17, 15) is 4.79 Å². The fourth-order valence-electron chi connectivity index (χ4n) is 1.28. The highest BCUT2D eigenvalue weighted by Crippen LogP contribution is 2.12. The van der Waals surface area contributed by atoms with Crippen molar-refractivity contribution in [1.82, 2.24) is 9.67 Å². The number of rotatable bonds is 1. The fraction of sp³-hybridized carbons (Fsp3) is 0.375. The molecular formula is C8H10N3O2S+. The Morgan fingerprint density at radius 1 is 1.71 bits per heavy atom. The van der Waals surface area contributed by atoms with E-state index < -0.39 is 0 Å². The van der Waals surface area contributed by atoms with Crippen molar-refractivity contribution in [3.05, 3.63) is 12.1 Å². The summed E-state index contributed by atoms with van der Waals surface area (Å²) < 4.78 is 8.21. The molecule has 0 unspecified atom stereocenters. The lowest BCUT2D eigenvalue weighted by Gasteiger charge is -1.91. The molecule has 74 valence electrons. The number of cyclic esters (lactones) is 1. The van der Waals surface area contributed by atoms with E-state index in [0.29, 0.717) is 5.16 Å². The van der Waals surface area contributed by atoms with Crippen LogP contribution in [0.4, 0.5) is 0 Å². The minimum Gasteiger partial charge on any atom is -0.430 e. The normalized spacial score (nSPS) is 15.6. The highest BCUT2D eigenvalue weighted by atomic mass is 32.1. The molecule has 0 amide bonds. The van der Waals surface area contributed by atoms with Crippen LogP contribution in [0.5, 0.6) is 0 Å². The summed E-state index contributed by atoms with van der Waals surface area (Å²) >= 11 is 4.18. The second-order valence-electron chi connectivity index (χ2n) is 3.09. The van der Waals surface area contributed by atoms with Gasteiger partial charge in [0.25, 0.3) is 11.0 Å². The van der Waals surface area contributed by atoms with E-state index in [1.807, 2.05) is 18.5 Å². The maximum atomic E-state index is 10.9. The van der Waals surface area contributed by atoms with Crippen LogP contribution >= 0.6 is 12.6 Å². The monoisotopic (exact) mass is 212 g/mol. The Balaban J connectivity index is 2.42. The Morgan fingerprint density at radius 2 is 2.43 bits per heavy atom. The van der Waals surface area contributed by atoms with Crippen LogP contribution in [0.25, 0.3) is 5.70 Å². The molecule has 0 saturated heterocycles. The fourth-order valence-corrected chi connectivity index (χ4v) is 1.51.